The quantitative estimate of drug-likeness (QED) is 0.832. The molecule has 2 aliphatic rings. The average molecular weight is 306 g/mol. The van der Waals surface area contributed by atoms with E-state index in [0.717, 1.165) is 12.8 Å². The van der Waals surface area contributed by atoms with Crippen molar-refractivity contribution in [2.75, 3.05) is 19.6 Å². The molecule has 0 aromatic carbocycles. The summed E-state index contributed by atoms with van der Waals surface area (Å²) in [5, 5.41) is 3.81. The van der Waals surface area contributed by atoms with E-state index < -0.39 is 0 Å². The van der Waals surface area contributed by atoms with Crippen LogP contribution in [0.25, 0.3) is 0 Å². The van der Waals surface area contributed by atoms with Crippen molar-refractivity contribution in [1.29, 1.82) is 0 Å². The van der Waals surface area contributed by atoms with Gasteiger partial charge in [0.2, 0.25) is 17.7 Å². The summed E-state index contributed by atoms with van der Waals surface area (Å²) in [5.41, 5.74) is 0. The van der Waals surface area contributed by atoms with Gasteiger partial charge in [0.05, 0.1) is 5.92 Å². The molecule has 3 heterocycles. The lowest BCUT2D eigenvalue weighted by Gasteiger charge is -2.29. The molecule has 7 nitrogen and oxygen atoms in total. The van der Waals surface area contributed by atoms with E-state index in [4.69, 9.17) is 4.52 Å². The Kier molecular flexibility index (Phi) is 4.13. The number of rotatable bonds is 4. The average Bonchev–Trinajstić information content (AvgIpc) is 3.21. The third kappa shape index (κ3) is 2.71. The maximum atomic E-state index is 12.8. The second kappa shape index (κ2) is 6.06. The highest BCUT2D eigenvalue weighted by atomic mass is 16.5. The van der Waals surface area contributed by atoms with E-state index in [1.165, 1.54) is 0 Å². The Morgan fingerprint density at radius 3 is 2.86 bits per heavy atom. The van der Waals surface area contributed by atoms with Gasteiger partial charge in [-0.05, 0) is 26.2 Å². The number of nitrogens with zero attached hydrogens (tertiary/aromatic N) is 4. The lowest BCUT2D eigenvalue weighted by atomic mass is 10.1. The molecule has 22 heavy (non-hydrogen) atoms. The van der Waals surface area contributed by atoms with E-state index in [2.05, 4.69) is 10.1 Å². The van der Waals surface area contributed by atoms with Gasteiger partial charge in [-0.2, -0.15) is 4.98 Å². The molecule has 120 valence electrons. The van der Waals surface area contributed by atoms with Gasteiger partial charge in [0.15, 0.2) is 5.82 Å². The van der Waals surface area contributed by atoms with Crippen molar-refractivity contribution < 1.29 is 14.1 Å². The lowest BCUT2D eigenvalue weighted by molar-refractivity contribution is -0.143. The first-order chi connectivity index (χ1) is 10.6. The fraction of sp³-hybridized carbons (Fsp3) is 0.733. The third-order valence-corrected chi connectivity index (χ3v) is 4.55. The fourth-order valence-electron chi connectivity index (χ4n) is 3.38. The Bertz CT molecular complexity index is 571. The van der Waals surface area contributed by atoms with E-state index in [9.17, 15) is 9.59 Å². The van der Waals surface area contributed by atoms with Crippen LogP contribution in [0.2, 0.25) is 0 Å². The molecule has 0 radical (unpaired) electrons. The van der Waals surface area contributed by atoms with E-state index >= 15 is 0 Å². The molecule has 3 rings (SSSR count). The first kappa shape index (κ1) is 15.0. The highest BCUT2D eigenvalue weighted by Gasteiger charge is 2.38. The normalized spacial score (nSPS) is 23.4. The fourth-order valence-corrected chi connectivity index (χ4v) is 3.38. The number of hydrogen-bond acceptors (Lipinski definition) is 5. The number of carbonyl (C=O) groups excluding carboxylic acids is 2. The minimum atomic E-state index is -0.321. The number of hydrogen-bond donors (Lipinski definition) is 0. The lowest BCUT2D eigenvalue weighted by Crippen LogP contribution is -2.48. The molecule has 0 spiro atoms. The molecule has 2 unspecified atom stereocenters. The van der Waals surface area contributed by atoms with Crippen LogP contribution in [0.3, 0.4) is 0 Å². The van der Waals surface area contributed by atoms with Crippen molar-refractivity contribution in [2.24, 2.45) is 0 Å². The third-order valence-electron chi connectivity index (χ3n) is 4.55. The molecule has 1 aromatic rings. The van der Waals surface area contributed by atoms with Gasteiger partial charge >= 0.3 is 0 Å². The number of amides is 2. The summed E-state index contributed by atoms with van der Waals surface area (Å²) >= 11 is 0. The minimum Gasteiger partial charge on any atom is -0.340 e. The van der Waals surface area contributed by atoms with Crippen molar-refractivity contribution in [3.8, 4) is 0 Å². The molecular weight excluding hydrogens is 284 g/mol. The van der Waals surface area contributed by atoms with Crippen LogP contribution in [0, 0.1) is 6.92 Å². The van der Waals surface area contributed by atoms with Crippen molar-refractivity contribution in [3.05, 3.63) is 11.7 Å². The SMILES string of the molecule is CCC(C(=O)N1CCC(c2nc(C)no2)C1)N1CCCC1=O. The van der Waals surface area contributed by atoms with E-state index in [0.29, 0.717) is 44.2 Å². The van der Waals surface area contributed by atoms with Crippen LogP contribution >= 0.6 is 0 Å². The highest BCUT2D eigenvalue weighted by Crippen LogP contribution is 2.28. The summed E-state index contributed by atoms with van der Waals surface area (Å²) in [5.74, 6) is 1.49. The molecule has 1 aromatic heterocycles. The molecule has 2 fully saturated rings. The second-order valence-electron chi connectivity index (χ2n) is 6.06. The van der Waals surface area contributed by atoms with Crippen LogP contribution in [0.1, 0.15) is 50.2 Å². The zero-order chi connectivity index (χ0) is 15.7. The van der Waals surface area contributed by atoms with Gasteiger partial charge in [0.25, 0.3) is 0 Å². The largest absolute Gasteiger partial charge is 0.340 e. The second-order valence-corrected chi connectivity index (χ2v) is 6.06. The van der Waals surface area contributed by atoms with Crippen LogP contribution in [0.5, 0.6) is 0 Å². The number of aromatic nitrogens is 2. The van der Waals surface area contributed by atoms with Crippen molar-refractivity contribution in [1.82, 2.24) is 19.9 Å². The molecule has 2 saturated heterocycles. The summed E-state index contributed by atoms with van der Waals surface area (Å²) in [6, 6.07) is -0.321. The Balaban J connectivity index is 1.66. The van der Waals surface area contributed by atoms with Gasteiger partial charge in [-0.1, -0.05) is 12.1 Å². The summed E-state index contributed by atoms with van der Waals surface area (Å²) in [4.78, 5) is 32.5. The molecule has 2 atom stereocenters. The Morgan fingerprint density at radius 2 is 2.27 bits per heavy atom. The molecule has 7 heteroatoms. The van der Waals surface area contributed by atoms with Crippen molar-refractivity contribution in [2.45, 2.75) is 51.5 Å². The van der Waals surface area contributed by atoms with Crippen molar-refractivity contribution in [3.63, 3.8) is 0 Å². The van der Waals surface area contributed by atoms with Gasteiger partial charge in [0.1, 0.15) is 6.04 Å². The standard InChI is InChI=1S/C15H22N4O3/c1-3-12(19-7-4-5-13(19)20)15(21)18-8-6-11(9-18)14-16-10(2)17-22-14/h11-12H,3-9H2,1-2H3. The molecular formula is C15H22N4O3. The van der Waals surface area contributed by atoms with Gasteiger partial charge in [-0.3, -0.25) is 9.59 Å². The monoisotopic (exact) mass is 306 g/mol. The van der Waals surface area contributed by atoms with Gasteiger partial charge in [-0.25, -0.2) is 0 Å². The Labute approximate surface area is 129 Å². The Morgan fingerprint density at radius 1 is 1.45 bits per heavy atom. The number of carbonyl (C=O) groups is 2. The van der Waals surface area contributed by atoms with Crippen LogP contribution in [0.4, 0.5) is 0 Å². The maximum absolute atomic E-state index is 12.8. The van der Waals surface area contributed by atoms with Crippen LogP contribution in [-0.4, -0.2) is 57.4 Å². The van der Waals surface area contributed by atoms with E-state index in [1.807, 2.05) is 11.8 Å². The summed E-state index contributed by atoms with van der Waals surface area (Å²) in [7, 11) is 0. The summed E-state index contributed by atoms with van der Waals surface area (Å²) in [6.07, 6.45) is 2.91. The van der Waals surface area contributed by atoms with Gasteiger partial charge in [-0.15, -0.1) is 0 Å². The molecule has 2 amide bonds. The maximum Gasteiger partial charge on any atom is 0.245 e. The Hall–Kier alpha value is -1.92. The van der Waals surface area contributed by atoms with E-state index in [1.54, 1.807) is 11.8 Å². The molecule has 0 N–H and O–H groups in total. The highest BCUT2D eigenvalue weighted by molar-refractivity contribution is 5.88. The topological polar surface area (TPSA) is 79.5 Å². The first-order valence-electron chi connectivity index (χ1n) is 7.98. The zero-order valence-corrected chi connectivity index (χ0v) is 13.1. The zero-order valence-electron chi connectivity index (χ0n) is 13.1. The molecule has 0 bridgehead atoms. The smallest absolute Gasteiger partial charge is 0.245 e. The summed E-state index contributed by atoms with van der Waals surface area (Å²) in [6.45, 7) is 5.73. The minimum absolute atomic E-state index is 0.0523. The van der Waals surface area contributed by atoms with Gasteiger partial charge < -0.3 is 14.3 Å². The molecule has 0 saturated carbocycles. The predicted molar refractivity (Wildman–Crippen MR) is 78.0 cm³/mol. The van der Waals surface area contributed by atoms with Crippen LogP contribution in [0.15, 0.2) is 4.52 Å². The number of likely N-dealkylation sites (tertiary alicyclic amines) is 2. The molecule has 2 aliphatic heterocycles. The first-order valence-corrected chi connectivity index (χ1v) is 7.98. The van der Waals surface area contributed by atoms with E-state index in [-0.39, 0.29) is 23.8 Å². The van der Waals surface area contributed by atoms with Crippen LogP contribution < -0.4 is 0 Å². The number of aryl methyl sites for hydroxylation is 1. The van der Waals surface area contributed by atoms with Crippen molar-refractivity contribution >= 4 is 11.8 Å². The molecule has 0 aliphatic carbocycles. The predicted octanol–water partition coefficient (Wildman–Crippen LogP) is 1.09. The van der Waals surface area contributed by atoms with Gasteiger partial charge in [0, 0.05) is 26.1 Å². The summed E-state index contributed by atoms with van der Waals surface area (Å²) < 4.78 is 5.22. The van der Waals surface area contributed by atoms with Crippen LogP contribution in [-0.2, 0) is 9.59 Å².